The van der Waals surface area contributed by atoms with Gasteiger partial charge in [0, 0.05) is 32.7 Å². The second-order valence-electron chi connectivity index (χ2n) is 5.90. The van der Waals surface area contributed by atoms with Gasteiger partial charge in [0.2, 0.25) is 5.91 Å². The minimum absolute atomic E-state index is 0.148. The fourth-order valence-corrected chi connectivity index (χ4v) is 3.26. The highest BCUT2D eigenvalue weighted by molar-refractivity contribution is 6.42. The first-order valence-electron chi connectivity index (χ1n) is 7.91. The van der Waals surface area contributed by atoms with Crippen molar-refractivity contribution in [3.63, 3.8) is 0 Å². The van der Waals surface area contributed by atoms with Gasteiger partial charge in [0.15, 0.2) is 0 Å². The van der Waals surface area contributed by atoms with Crippen LogP contribution in [0.4, 0.5) is 0 Å². The van der Waals surface area contributed by atoms with Gasteiger partial charge in [-0.2, -0.15) is 0 Å². The molecule has 0 saturated carbocycles. The zero-order chi connectivity index (χ0) is 16.2. The smallest absolute Gasteiger partial charge is 0.236 e. The normalized spacial score (nSPS) is 23.0. The van der Waals surface area contributed by atoms with E-state index in [9.17, 15) is 4.79 Å². The lowest BCUT2D eigenvalue weighted by Gasteiger charge is -2.35. The minimum Gasteiger partial charge on any atom is -0.370 e. The van der Waals surface area contributed by atoms with Gasteiger partial charge in [-0.1, -0.05) is 29.3 Å². The van der Waals surface area contributed by atoms with Gasteiger partial charge >= 0.3 is 0 Å². The van der Waals surface area contributed by atoms with E-state index >= 15 is 0 Å². The van der Waals surface area contributed by atoms with Crippen LogP contribution in [0.25, 0.3) is 0 Å². The number of rotatable bonds is 3. The lowest BCUT2D eigenvalue weighted by molar-refractivity contribution is -0.140. The average molecular weight is 358 g/mol. The molecule has 1 amide bonds. The molecule has 2 fully saturated rings. The van der Waals surface area contributed by atoms with Crippen molar-refractivity contribution < 1.29 is 9.53 Å². The van der Waals surface area contributed by atoms with Crippen molar-refractivity contribution in [3.05, 3.63) is 33.8 Å². The van der Waals surface area contributed by atoms with E-state index in [1.165, 1.54) is 0 Å². The first kappa shape index (κ1) is 17.0. The predicted molar refractivity (Wildman–Crippen MR) is 91.0 cm³/mol. The van der Waals surface area contributed by atoms with Gasteiger partial charge in [0.25, 0.3) is 0 Å². The Bertz CT molecular complexity index is 564. The molecule has 2 aliphatic rings. The Morgan fingerprint density at radius 1 is 1.22 bits per heavy atom. The van der Waals surface area contributed by atoms with Crippen LogP contribution in [0.5, 0.6) is 0 Å². The molecule has 0 spiro atoms. The summed E-state index contributed by atoms with van der Waals surface area (Å²) in [5.74, 6) is 0.167. The van der Waals surface area contributed by atoms with E-state index < -0.39 is 0 Å². The number of carbonyl (C=O) groups excluding carboxylic acids is 1. The van der Waals surface area contributed by atoms with E-state index in [-0.39, 0.29) is 12.0 Å². The minimum atomic E-state index is -0.148. The first-order chi connectivity index (χ1) is 11.1. The Hall–Kier alpha value is -0.850. The molecule has 2 aliphatic heterocycles. The van der Waals surface area contributed by atoms with Crippen molar-refractivity contribution in [1.82, 2.24) is 15.1 Å². The molecule has 1 aromatic rings. The predicted octanol–water partition coefficient (Wildman–Crippen LogP) is 1.80. The molecule has 1 atom stereocenters. The van der Waals surface area contributed by atoms with Crippen LogP contribution in [0.1, 0.15) is 11.7 Å². The molecule has 23 heavy (non-hydrogen) atoms. The second kappa shape index (κ2) is 7.81. The first-order valence-corrected chi connectivity index (χ1v) is 8.66. The molecule has 1 aromatic carbocycles. The molecule has 7 heteroatoms. The number of morpholine rings is 1. The molecule has 0 bridgehead atoms. The van der Waals surface area contributed by atoms with Gasteiger partial charge < -0.3 is 15.0 Å². The fourth-order valence-electron chi connectivity index (χ4n) is 2.95. The molecule has 5 nitrogen and oxygen atoms in total. The summed E-state index contributed by atoms with van der Waals surface area (Å²) in [4.78, 5) is 16.6. The molecule has 2 heterocycles. The maximum atomic E-state index is 12.5. The quantitative estimate of drug-likeness (QED) is 0.895. The summed E-state index contributed by atoms with van der Waals surface area (Å²) >= 11 is 12.0. The number of ether oxygens (including phenoxy) is 1. The Morgan fingerprint density at radius 3 is 2.74 bits per heavy atom. The monoisotopic (exact) mass is 357 g/mol. The maximum Gasteiger partial charge on any atom is 0.236 e. The van der Waals surface area contributed by atoms with E-state index in [2.05, 4.69) is 10.2 Å². The molecule has 0 aromatic heterocycles. The fraction of sp³-hybridized carbons (Fsp3) is 0.562. The van der Waals surface area contributed by atoms with Crippen molar-refractivity contribution in [3.8, 4) is 0 Å². The van der Waals surface area contributed by atoms with Gasteiger partial charge in [0.1, 0.15) is 6.10 Å². The summed E-state index contributed by atoms with van der Waals surface area (Å²) in [7, 11) is 0. The molecule has 1 unspecified atom stereocenters. The van der Waals surface area contributed by atoms with Crippen molar-refractivity contribution in [2.75, 3.05) is 52.4 Å². The Kier molecular flexibility index (Phi) is 5.77. The molecule has 1 N–H and O–H groups in total. The highest BCUT2D eigenvalue weighted by Crippen LogP contribution is 2.29. The summed E-state index contributed by atoms with van der Waals surface area (Å²) in [6.07, 6.45) is -0.148. The number of hydrogen-bond donors (Lipinski definition) is 1. The van der Waals surface area contributed by atoms with Crippen LogP contribution >= 0.6 is 23.2 Å². The summed E-state index contributed by atoms with van der Waals surface area (Å²) in [6, 6.07) is 5.49. The summed E-state index contributed by atoms with van der Waals surface area (Å²) in [6.45, 7) is 5.96. The van der Waals surface area contributed by atoms with E-state index in [0.29, 0.717) is 36.3 Å². The van der Waals surface area contributed by atoms with Gasteiger partial charge in [-0.05, 0) is 17.7 Å². The highest BCUT2D eigenvalue weighted by atomic mass is 35.5. The average Bonchev–Trinajstić information content (AvgIpc) is 2.58. The number of piperazine rings is 1. The van der Waals surface area contributed by atoms with E-state index in [1.807, 2.05) is 17.0 Å². The van der Waals surface area contributed by atoms with Crippen LogP contribution in [0, 0.1) is 0 Å². The van der Waals surface area contributed by atoms with Crippen LogP contribution in [0.3, 0.4) is 0 Å². The van der Waals surface area contributed by atoms with Gasteiger partial charge in [-0.3, -0.25) is 9.69 Å². The zero-order valence-corrected chi connectivity index (χ0v) is 14.4. The van der Waals surface area contributed by atoms with Crippen molar-refractivity contribution >= 4 is 29.1 Å². The van der Waals surface area contributed by atoms with Crippen LogP contribution < -0.4 is 5.32 Å². The standard InChI is InChI=1S/C16H21Cl2N3O2/c17-13-2-1-12(9-14(13)18)15-10-21(7-8-23-15)16(22)11-20-5-3-19-4-6-20/h1-2,9,15,19H,3-8,10-11H2. The number of amides is 1. The van der Waals surface area contributed by atoms with Gasteiger partial charge in [0.05, 0.1) is 29.7 Å². The summed E-state index contributed by atoms with van der Waals surface area (Å²) in [5, 5.41) is 4.33. The van der Waals surface area contributed by atoms with Gasteiger partial charge in [-0.25, -0.2) is 0 Å². The molecule has 2 saturated heterocycles. The van der Waals surface area contributed by atoms with E-state index in [1.54, 1.807) is 6.07 Å². The summed E-state index contributed by atoms with van der Waals surface area (Å²) < 4.78 is 5.81. The maximum absolute atomic E-state index is 12.5. The van der Waals surface area contributed by atoms with Crippen LogP contribution in [0.15, 0.2) is 18.2 Å². The van der Waals surface area contributed by atoms with Crippen LogP contribution in [-0.2, 0) is 9.53 Å². The molecule has 3 rings (SSSR count). The second-order valence-corrected chi connectivity index (χ2v) is 6.71. The van der Waals surface area contributed by atoms with E-state index in [0.717, 1.165) is 31.7 Å². The number of halogens is 2. The zero-order valence-electron chi connectivity index (χ0n) is 12.9. The Labute approximate surface area is 146 Å². The largest absolute Gasteiger partial charge is 0.370 e. The third kappa shape index (κ3) is 4.37. The molecular weight excluding hydrogens is 337 g/mol. The number of nitrogens with zero attached hydrogens (tertiary/aromatic N) is 2. The number of hydrogen-bond acceptors (Lipinski definition) is 4. The molecule has 126 valence electrons. The summed E-state index contributed by atoms with van der Waals surface area (Å²) in [5.41, 5.74) is 0.957. The lowest BCUT2D eigenvalue weighted by Crippen LogP contribution is -2.50. The molecular formula is C16H21Cl2N3O2. The molecule has 0 aliphatic carbocycles. The molecule has 0 radical (unpaired) electrons. The third-order valence-corrected chi connectivity index (χ3v) is 5.04. The van der Waals surface area contributed by atoms with Crippen molar-refractivity contribution in [1.29, 1.82) is 0 Å². The Morgan fingerprint density at radius 2 is 2.00 bits per heavy atom. The third-order valence-electron chi connectivity index (χ3n) is 4.30. The highest BCUT2D eigenvalue weighted by Gasteiger charge is 2.27. The van der Waals surface area contributed by atoms with E-state index in [4.69, 9.17) is 27.9 Å². The Balaban J connectivity index is 1.60. The number of carbonyl (C=O) groups is 1. The number of benzene rings is 1. The van der Waals surface area contributed by atoms with Crippen molar-refractivity contribution in [2.45, 2.75) is 6.10 Å². The van der Waals surface area contributed by atoms with Crippen LogP contribution in [-0.4, -0.2) is 68.1 Å². The van der Waals surface area contributed by atoms with Crippen LogP contribution in [0.2, 0.25) is 10.0 Å². The van der Waals surface area contributed by atoms with Crippen molar-refractivity contribution in [2.24, 2.45) is 0 Å². The lowest BCUT2D eigenvalue weighted by atomic mass is 10.1. The number of nitrogens with one attached hydrogen (secondary N) is 1. The topological polar surface area (TPSA) is 44.8 Å². The van der Waals surface area contributed by atoms with Gasteiger partial charge in [-0.15, -0.1) is 0 Å². The SMILES string of the molecule is O=C(CN1CCNCC1)N1CCOC(c2ccc(Cl)c(Cl)c2)C1.